The van der Waals surface area contributed by atoms with Gasteiger partial charge in [-0.3, -0.25) is 0 Å². The third-order valence-corrected chi connectivity index (χ3v) is 6.34. The predicted octanol–water partition coefficient (Wildman–Crippen LogP) is 4.30. The van der Waals surface area contributed by atoms with Crippen LogP contribution in [0.25, 0.3) is 0 Å². The quantitative estimate of drug-likeness (QED) is 0.861. The van der Waals surface area contributed by atoms with Crippen LogP contribution in [-0.4, -0.2) is 8.42 Å². The van der Waals surface area contributed by atoms with Gasteiger partial charge in [-0.05, 0) is 34.9 Å². The summed E-state index contributed by atoms with van der Waals surface area (Å²) in [6, 6.07) is 11.3. The zero-order valence-corrected chi connectivity index (χ0v) is 14.2. The van der Waals surface area contributed by atoms with Crippen LogP contribution < -0.4 is 4.72 Å². The smallest absolute Gasteiger partial charge is 0.206 e. The molecular weight excluding hydrogens is 302 g/mol. The maximum absolute atomic E-state index is 12.3. The fourth-order valence-electron chi connectivity index (χ4n) is 2.16. The topological polar surface area (TPSA) is 46.2 Å². The Hall–Kier alpha value is -1.17. The molecule has 1 aromatic heterocycles. The van der Waals surface area contributed by atoms with Gasteiger partial charge in [-0.25, -0.2) is 13.1 Å². The molecule has 21 heavy (non-hydrogen) atoms. The van der Waals surface area contributed by atoms with Crippen molar-refractivity contribution in [2.24, 2.45) is 0 Å². The maximum Gasteiger partial charge on any atom is 0.250 e. The highest BCUT2D eigenvalue weighted by Gasteiger charge is 2.21. The lowest BCUT2D eigenvalue weighted by Crippen LogP contribution is -2.27. The summed E-state index contributed by atoms with van der Waals surface area (Å²) < 4.78 is 27.8. The third-order valence-electron chi connectivity index (χ3n) is 3.47. The number of sulfonamides is 1. The van der Waals surface area contributed by atoms with Gasteiger partial charge in [-0.1, -0.05) is 51.1 Å². The zero-order chi connectivity index (χ0) is 15.5. The van der Waals surface area contributed by atoms with Gasteiger partial charge in [-0.2, -0.15) is 0 Å². The van der Waals surface area contributed by atoms with Crippen LogP contribution in [0.2, 0.25) is 0 Å². The molecule has 0 spiro atoms. The molecule has 0 fully saturated rings. The first kappa shape index (κ1) is 16.2. The number of hydrogen-bond acceptors (Lipinski definition) is 3. The molecule has 0 radical (unpaired) electrons. The van der Waals surface area contributed by atoms with E-state index in [-0.39, 0.29) is 6.04 Å². The summed E-state index contributed by atoms with van der Waals surface area (Å²) in [7, 11) is -3.43. The second-order valence-electron chi connectivity index (χ2n) is 5.34. The Bertz CT molecular complexity index is 659. The predicted molar refractivity (Wildman–Crippen MR) is 88.2 cm³/mol. The van der Waals surface area contributed by atoms with Crippen LogP contribution in [0.4, 0.5) is 0 Å². The van der Waals surface area contributed by atoms with Crippen molar-refractivity contribution in [1.29, 1.82) is 0 Å². The molecule has 0 aliphatic rings. The molecule has 0 bridgehead atoms. The molecule has 3 nitrogen and oxygen atoms in total. The summed E-state index contributed by atoms with van der Waals surface area (Å²) in [6.45, 7) is 6.27. The van der Waals surface area contributed by atoms with Crippen molar-refractivity contribution < 1.29 is 8.42 Å². The van der Waals surface area contributed by atoms with E-state index in [0.717, 1.165) is 5.56 Å². The van der Waals surface area contributed by atoms with Crippen LogP contribution in [0.5, 0.6) is 0 Å². The number of rotatable bonds is 6. The number of thiophene rings is 1. The van der Waals surface area contributed by atoms with Gasteiger partial charge in [0.25, 0.3) is 10.0 Å². The molecular formula is C16H21NO2S2. The van der Waals surface area contributed by atoms with Crippen molar-refractivity contribution in [1.82, 2.24) is 4.72 Å². The summed E-state index contributed by atoms with van der Waals surface area (Å²) in [6.07, 6.45) is 0.714. The van der Waals surface area contributed by atoms with Crippen LogP contribution in [-0.2, 0) is 10.0 Å². The Morgan fingerprint density at radius 2 is 1.71 bits per heavy atom. The molecule has 5 heteroatoms. The van der Waals surface area contributed by atoms with Gasteiger partial charge < -0.3 is 0 Å². The van der Waals surface area contributed by atoms with Crippen LogP contribution in [0.15, 0.2) is 46.0 Å². The Morgan fingerprint density at radius 1 is 1.10 bits per heavy atom. The van der Waals surface area contributed by atoms with Gasteiger partial charge in [-0.15, -0.1) is 11.3 Å². The highest BCUT2D eigenvalue weighted by atomic mass is 32.2. The van der Waals surface area contributed by atoms with E-state index >= 15 is 0 Å². The molecule has 1 atom stereocenters. The number of nitrogens with one attached hydrogen (secondary N) is 1. The fraction of sp³-hybridized carbons (Fsp3) is 0.375. The molecule has 1 N–H and O–H groups in total. The standard InChI is InChI=1S/C16H21NO2S2/c1-4-15(14-9-7-13(8-10-14)12(2)3)17-21(18,19)16-6-5-11-20-16/h5-12,15,17H,4H2,1-3H3. The first-order chi connectivity index (χ1) is 9.94. The van der Waals surface area contributed by atoms with Gasteiger partial charge >= 0.3 is 0 Å². The summed E-state index contributed by atoms with van der Waals surface area (Å²) in [5, 5.41) is 1.77. The lowest BCUT2D eigenvalue weighted by atomic mass is 9.98. The average molecular weight is 323 g/mol. The first-order valence-electron chi connectivity index (χ1n) is 7.09. The molecule has 1 heterocycles. The number of benzene rings is 1. The van der Waals surface area contributed by atoms with Crippen molar-refractivity contribution in [3.05, 3.63) is 52.9 Å². The Kier molecular flexibility index (Phi) is 5.19. The molecule has 2 rings (SSSR count). The van der Waals surface area contributed by atoms with E-state index in [4.69, 9.17) is 0 Å². The van der Waals surface area contributed by atoms with E-state index in [0.29, 0.717) is 16.5 Å². The van der Waals surface area contributed by atoms with Crippen molar-refractivity contribution >= 4 is 21.4 Å². The fourth-order valence-corrected chi connectivity index (χ4v) is 4.48. The summed E-state index contributed by atoms with van der Waals surface area (Å²) in [5.41, 5.74) is 2.26. The van der Waals surface area contributed by atoms with Gasteiger partial charge in [0.15, 0.2) is 0 Å². The van der Waals surface area contributed by atoms with Gasteiger partial charge in [0.05, 0.1) is 0 Å². The molecule has 2 aromatic rings. The lowest BCUT2D eigenvalue weighted by Gasteiger charge is -2.18. The second kappa shape index (κ2) is 6.73. The minimum atomic E-state index is -3.43. The van der Waals surface area contributed by atoms with Crippen LogP contribution in [0.1, 0.15) is 50.3 Å². The summed E-state index contributed by atoms with van der Waals surface area (Å²) >= 11 is 1.23. The molecule has 114 valence electrons. The van der Waals surface area contributed by atoms with Crippen molar-refractivity contribution in [2.75, 3.05) is 0 Å². The lowest BCUT2D eigenvalue weighted by molar-refractivity contribution is 0.552. The van der Waals surface area contributed by atoms with E-state index in [2.05, 4.69) is 30.7 Å². The summed E-state index contributed by atoms with van der Waals surface area (Å²) in [5.74, 6) is 0.474. The molecule has 0 amide bonds. The number of hydrogen-bond donors (Lipinski definition) is 1. The van der Waals surface area contributed by atoms with Crippen LogP contribution in [0, 0.1) is 0 Å². The SMILES string of the molecule is CCC(NS(=O)(=O)c1cccs1)c1ccc(C(C)C)cc1. The first-order valence-corrected chi connectivity index (χ1v) is 9.46. The van der Waals surface area contributed by atoms with E-state index < -0.39 is 10.0 Å². The molecule has 0 aliphatic heterocycles. The van der Waals surface area contributed by atoms with E-state index in [1.807, 2.05) is 19.1 Å². The third kappa shape index (κ3) is 3.93. The minimum Gasteiger partial charge on any atom is -0.206 e. The van der Waals surface area contributed by atoms with Crippen LogP contribution in [0.3, 0.4) is 0 Å². The van der Waals surface area contributed by atoms with Gasteiger partial charge in [0, 0.05) is 6.04 Å². The molecule has 0 saturated heterocycles. The molecule has 0 saturated carbocycles. The molecule has 1 aromatic carbocycles. The summed E-state index contributed by atoms with van der Waals surface area (Å²) in [4.78, 5) is 0. The zero-order valence-electron chi connectivity index (χ0n) is 12.5. The Balaban J connectivity index is 2.20. The van der Waals surface area contributed by atoms with Crippen molar-refractivity contribution in [3.63, 3.8) is 0 Å². The van der Waals surface area contributed by atoms with E-state index in [1.165, 1.54) is 16.9 Å². The Labute approximate surface area is 131 Å². The van der Waals surface area contributed by atoms with Gasteiger partial charge in [0.2, 0.25) is 0 Å². The van der Waals surface area contributed by atoms with Crippen molar-refractivity contribution in [2.45, 2.75) is 43.4 Å². The normalized spacial score (nSPS) is 13.5. The van der Waals surface area contributed by atoms with Crippen LogP contribution >= 0.6 is 11.3 Å². The molecule has 1 unspecified atom stereocenters. The van der Waals surface area contributed by atoms with Gasteiger partial charge in [0.1, 0.15) is 4.21 Å². The Morgan fingerprint density at radius 3 is 2.19 bits per heavy atom. The van der Waals surface area contributed by atoms with E-state index in [1.54, 1.807) is 17.5 Å². The highest BCUT2D eigenvalue weighted by Crippen LogP contribution is 2.24. The van der Waals surface area contributed by atoms with E-state index in [9.17, 15) is 8.42 Å². The largest absolute Gasteiger partial charge is 0.250 e. The highest BCUT2D eigenvalue weighted by molar-refractivity contribution is 7.91. The average Bonchev–Trinajstić information content (AvgIpc) is 3.00. The maximum atomic E-state index is 12.3. The monoisotopic (exact) mass is 323 g/mol. The molecule has 0 aliphatic carbocycles. The van der Waals surface area contributed by atoms with Crippen molar-refractivity contribution in [3.8, 4) is 0 Å². The second-order valence-corrected chi connectivity index (χ2v) is 8.22. The minimum absolute atomic E-state index is 0.196.